The molecule has 1 aliphatic carbocycles. The van der Waals surface area contributed by atoms with E-state index in [4.69, 9.17) is 4.42 Å². The first kappa shape index (κ1) is 23.0. The van der Waals surface area contributed by atoms with Crippen molar-refractivity contribution in [2.75, 3.05) is 56.5 Å². The van der Waals surface area contributed by atoms with E-state index in [1.165, 1.54) is 0 Å². The summed E-state index contributed by atoms with van der Waals surface area (Å²) in [6.45, 7) is 4.91. The number of oxazole rings is 1. The maximum Gasteiger partial charge on any atom is 0.417 e. The zero-order valence-electron chi connectivity index (χ0n) is 20.5. The lowest BCUT2D eigenvalue weighted by molar-refractivity contribution is -0.120. The second kappa shape index (κ2) is 8.90. The number of carbonyl (C=O) groups excluding carboxylic acids is 2. The zero-order chi connectivity index (χ0) is 24.9. The second-order valence-corrected chi connectivity index (χ2v) is 10.5. The first-order chi connectivity index (χ1) is 17.4. The van der Waals surface area contributed by atoms with Gasteiger partial charge in [-0.05, 0) is 55.8 Å². The maximum atomic E-state index is 13.4. The largest absolute Gasteiger partial charge is 0.417 e. The normalized spacial score (nSPS) is 19.8. The predicted molar refractivity (Wildman–Crippen MR) is 138 cm³/mol. The lowest BCUT2D eigenvalue weighted by Crippen LogP contribution is -2.49. The van der Waals surface area contributed by atoms with Gasteiger partial charge in [0.2, 0.25) is 5.91 Å². The van der Waals surface area contributed by atoms with E-state index >= 15 is 0 Å². The Balaban J connectivity index is 1.24. The Morgan fingerprint density at radius 1 is 1.06 bits per heavy atom. The van der Waals surface area contributed by atoms with Gasteiger partial charge in [-0.25, -0.2) is 4.79 Å². The second-order valence-electron chi connectivity index (χ2n) is 10.5. The van der Waals surface area contributed by atoms with Gasteiger partial charge in [-0.2, -0.15) is 0 Å². The van der Waals surface area contributed by atoms with Gasteiger partial charge < -0.3 is 19.5 Å². The molecule has 6 rings (SSSR count). The van der Waals surface area contributed by atoms with Crippen molar-refractivity contribution in [1.29, 1.82) is 0 Å². The van der Waals surface area contributed by atoms with Crippen molar-refractivity contribution in [3.8, 4) is 0 Å². The van der Waals surface area contributed by atoms with Gasteiger partial charge in [-0.1, -0.05) is 12.8 Å². The van der Waals surface area contributed by atoms with Crippen molar-refractivity contribution >= 4 is 34.3 Å². The van der Waals surface area contributed by atoms with E-state index in [0.29, 0.717) is 35.4 Å². The molecular weight excluding hydrogens is 458 g/mol. The van der Waals surface area contributed by atoms with Crippen molar-refractivity contribution in [2.45, 2.75) is 31.1 Å². The van der Waals surface area contributed by atoms with Crippen LogP contribution < -0.4 is 16.0 Å². The number of benzene rings is 2. The molecule has 1 aromatic heterocycles. The fourth-order valence-electron chi connectivity index (χ4n) is 6.02. The SMILES string of the molecule is CN1CCN(CC(=O)N2CC3(CCCC3)c3cc(C(=O)Nc4ccc5[nH]c(=O)oc5c4)ccc32)CC1. The minimum atomic E-state index is -0.527. The van der Waals surface area contributed by atoms with E-state index in [0.717, 1.165) is 63.1 Å². The van der Waals surface area contributed by atoms with Crippen LogP contribution in [-0.4, -0.2) is 72.9 Å². The molecule has 0 radical (unpaired) electrons. The number of nitrogens with zero attached hydrogens (tertiary/aromatic N) is 3. The highest BCUT2D eigenvalue weighted by atomic mass is 16.4. The molecule has 188 valence electrons. The fraction of sp³-hybridized carbons (Fsp3) is 0.444. The lowest BCUT2D eigenvalue weighted by Gasteiger charge is -2.33. The number of fused-ring (bicyclic) bond motifs is 3. The van der Waals surface area contributed by atoms with Crippen LogP contribution in [0.25, 0.3) is 11.1 Å². The van der Waals surface area contributed by atoms with Gasteiger partial charge in [-0.3, -0.25) is 19.5 Å². The first-order valence-corrected chi connectivity index (χ1v) is 12.7. The average molecular weight is 490 g/mol. The number of carbonyl (C=O) groups is 2. The number of nitrogens with one attached hydrogen (secondary N) is 2. The molecule has 2 fully saturated rings. The summed E-state index contributed by atoms with van der Waals surface area (Å²) in [4.78, 5) is 47.1. The van der Waals surface area contributed by atoms with Gasteiger partial charge in [0.15, 0.2) is 5.58 Å². The minimum absolute atomic E-state index is 0.0726. The molecular formula is C27H31N5O4. The molecule has 2 aliphatic heterocycles. The molecule has 0 atom stereocenters. The van der Waals surface area contributed by atoms with Crippen LogP contribution in [0, 0.1) is 0 Å². The topological polar surface area (TPSA) is 102 Å². The molecule has 9 nitrogen and oxygen atoms in total. The van der Waals surface area contributed by atoms with Gasteiger partial charge >= 0.3 is 5.76 Å². The third-order valence-corrected chi connectivity index (χ3v) is 8.08. The standard InChI is InChI=1S/C27H31N5O4/c1-30-10-12-31(13-11-30)16-24(33)32-17-27(8-2-3-9-27)20-14-18(4-7-22(20)32)25(34)28-19-5-6-21-23(15-19)36-26(35)29-21/h4-7,14-15H,2-3,8-13,16-17H2,1H3,(H,28,34)(H,29,35). The van der Waals surface area contributed by atoms with Crippen molar-refractivity contribution in [1.82, 2.24) is 14.8 Å². The Morgan fingerprint density at radius 2 is 1.83 bits per heavy atom. The van der Waals surface area contributed by atoms with Crippen molar-refractivity contribution in [3.05, 3.63) is 58.1 Å². The molecule has 3 aliphatic rings. The minimum Gasteiger partial charge on any atom is -0.408 e. The number of rotatable bonds is 4. The van der Waals surface area contributed by atoms with E-state index < -0.39 is 5.76 Å². The number of hydrogen-bond donors (Lipinski definition) is 2. The Bertz CT molecular complexity index is 1380. The molecule has 1 saturated carbocycles. The first-order valence-electron chi connectivity index (χ1n) is 12.7. The molecule has 2 amide bonds. The number of piperazine rings is 1. The molecule has 1 saturated heterocycles. The van der Waals surface area contributed by atoms with Gasteiger partial charge in [0.05, 0.1) is 12.1 Å². The Kier molecular flexibility index (Phi) is 5.69. The number of likely N-dealkylation sites (N-methyl/N-ethyl adjacent to an activating group) is 1. The number of H-pyrrole nitrogens is 1. The van der Waals surface area contributed by atoms with Crippen LogP contribution in [0.3, 0.4) is 0 Å². The summed E-state index contributed by atoms with van der Waals surface area (Å²) in [5.74, 6) is -0.617. The van der Waals surface area contributed by atoms with Crippen molar-refractivity contribution in [2.24, 2.45) is 0 Å². The molecule has 0 unspecified atom stereocenters. The molecule has 9 heteroatoms. The van der Waals surface area contributed by atoms with Gasteiger partial charge in [-0.15, -0.1) is 0 Å². The number of amides is 2. The summed E-state index contributed by atoms with van der Waals surface area (Å²) in [6.07, 6.45) is 4.34. The Labute approximate surface area is 209 Å². The van der Waals surface area contributed by atoms with Gasteiger partial charge in [0.1, 0.15) is 0 Å². The van der Waals surface area contributed by atoms with E-state index in [-0.39, 0.29) is 17.2 Å². The third kappa shape index (κ3) is 4.12. The summed E-state index contributed by atoms with van der Waals surface area (Å²) in [5, 5.41) is 2.92. The summed E-state index contributed by atoms with van der Waals surface area (Å²) >= 11 is 0. The molecule has 2 aromatic carbocycles. The quantitative estimate of drug-likeness (QED) is 0.585. The lowest BCUT2D eigenvalue weighted by atomic mass is 9.80. The smallest absolute Gasteiger partial charge is 0.408 e. The summed E-state index contributed by atoms with van der Waals surface area (Å²) in [7, 11) is 2.11. The highest BCUT2D eigenvalue weighted by molar-refractivity contribution is 6.06. The summed E-state index contributed by atoms with van der Waals surface area (Å²) < 4.78 is 5.11. The van der Waals surface area contributed by atoms with Crippen LogP contribution in [0.5, 0.6) is 0 Å². The predicted octanol–water partition coefficient (Wildman–Crippen LogP) is 2.78. The number of hydrogen-bond acceptors (Lipinski definition) is 6. The van der Waals surface area contributed by atoms with E-state index in [1.54, 1.807) is 24.3 Å². The zero-order valence-corrected chi connectivity index (χ0v) is 20.5. The highest BCUT2D eigenvalue weighted by Gasteiger charge is 2.46. The number of anilines is 2. The van der Waals surface area contributed by atoms with Crippen LogP contribution in [0.1, 0.15) is 41.6 Å². The number of aromatic nitrogens is 1. The van der Waals surface area contributed by atoms with Crippen LogP contribution in [0.2, 0.25) is 0 Å². The summed E-state index contributed by atoms with van der Waals surface area (Å²) in [5.41, 5.74) is 4.08. The van der Waals surface area contributed by atoms with Crippen molar-refractivity contribution in [3.63, 3.8) is 0 Å². The fourth-order valence-corrected chi connectivity index (χ4v) is 6.02. The molecule has 3 aromatic rings. The summed E-state index contributed by atoms with van der Waals surface area (Å²) in [6, 6.07) is 10.8. The van der Waals surface area contributed by atoms with Crippen LogP contribution in [0.15, 0.2) is 45.6 Å². The Hall–Kier alpha value is -3.43. The van der Waals surface area contributed by atoms with Gasteiger partial charge in [0.25, 0.3) is 5.91 Å². The highest BCUT2D eigenvalue weighted by Crippen LogP contribution is 2.50. The molecule has 0 bridgehead atoms. The van der Waals surface area contributed by atoms with Gasteiger partial charge in [0, 0.05) is 61.1 Å². The van der Waals surface area contributed by atoms with Crippen LogP contribution in [-0.2, 0) is 10.2 Å². The molecule has 36 heavy (non-hydrogen) atoms. The van der Waals surface area contributed by atoms with Crippen molar-refractivity contribution < 1.29 is 14.0 Å². The van der Waals surface area contributed by atoms with E-state index in [2.05, 4.69) is 27.1 Å². The van der Waals surface area contributed by atoms with E-state index in [9.17, 15) is 14.4 Å². The number of aromatic amines is 1. The van der Waals surface area contributed by atoms with E-state index in [1.807, 2.05) is 17.0 Å². The average Bonchev–Trinajstić information content (AvgIpc) is 3.57. The van der Waals surface area contributed by atoms with Crippen LogP contribution >= 0.6 is 0 Å². The monoisotopic (exact) mass is 489 g/mol. The molecule has 1 spiro atoms. The maximum absolute atomic E-state index is 13.4. The third-order valence-electron chi connectivity index (χ3n) is 8.08. The Morgan fingerprint density at radius 3 is 2.61 bits per heavy atom. The van der Waals surface area contributed by atoms with Crippen LogP contribution in [0.4, 0.5) is 11.4 Å². The molecule has 2 N–H and O–H groups in total. The molecule has 3 heterocycles.